The van der Waals surface area contributed by atoms with Crippen LogP contribution in [0.3, 0.4) is 0 Å². The number of ketones is 1. The van der Waals surface area contributed by atoms with E-state index < -0.39 is 5.92 Å². The number of H-pyrrole nitrogens is 1. The predicted octanol–water partition coefficient (Wildman–Crippen LogP) is 4.67. The fraction of sp³-hybridized carbons (Fsp3) is 0.320. The summed E-state index contributed by atoms with van der Waals surface area (Å²) in [4.78, 5) is 12.9. The van der Waals surface area contributed by atoms with Crippen molar-refractivity contribution in [1.82, 2.24) is 10.2 Å². The summed E-state index contributed by atoms with van der Waals surface area (Å²) in [5, 5.41) is 17.9. The number of benzene rings is 2. The maximum atomic E-state index is 12.9. The summed E-state index contributed by atoms with van der Waals surface area (Å²) in [5.74, 6) is -0.477. The molecule has 0 bridgehead atoms. The molecule has 2 aliphatic carbocycles. The summed E-state index contributed by atoms with van der Waals surface area (Å²) in [6.45, 7) is 2.01. The number of hydrogen-bond acceptors (Lipinski definition) is 3. The van der Waals surface area contributed by atoms with E-state index in [1.165, 1.54) is 11.1 Å². The van der Waals surface area contributed by atoms with Gasteiger partial charge in [0.1, 0.15) is 5.92 Å². The standard InChI is InChI=1S/C25H23N3O/c1-16-21-13-12-20-22(17-8-4-2-5-9-17)27-28-24(20)25(21,14-18(15-26)23(16)29)19-10-6-3-7-11-19/h2-11,16,18,21H,12-14H2,1H3,(H,27,28)/t16-,18?,21-,25+/m0/s1. The Kier molecular flexibility index (Phi) is 4.13. The molecule has 1 unspecified atom stereocenters. The van der Waals surface area contributed by atoms with Crippen molar-refractivity contribution in [3.8, 4) is 17.3 Å². The maximum Gasteiger partial charge on any atom is 0.153 e. The molecule has 0 saturated heterocycles. The minimum Gasteiger partial charge on any atom is -0.298 e. The monoisotopic (exact) mass is 381 g/mol. The molecule has 144 valence electrons. The van der Waals surface area contributed by atoms with Crippen LogP contribution in [0, 0.1) is 29.1 Å². The number of aromatic amines is 1. The van der Waals surface area contributed by atoms with Crippen molar-refractivity contribution >= 4 is 5.78 Å². The van der Waals surface area contributed by atoms with Crippen LogP contribution in [0.1, 0.15) is 36.6 Å². The Morgan fingerprint density at radius 2 is 1.79 bits per heavy atom. The molecule has 0 amide bonds. The highest BCUT2D eigenvalue weighted by Crippen LogP contribution is 2.56. The van der Waals surface area contributed by atoms with Crippen LogP contribution in [-0.4, -0.2) is 16.0 Å². The lowest BCUT2D eigenvalue weighted by molar-refractivity contribution is -0.131. The highest BCUT2D eigenvalue weighted by atomic mass is 16.1. The third kappa shape index (κ3) is 2.50. The molecule has 0 radical (unpaired) electrons. The summed E-state index contributed by atoms with van der Waals surface area (Å²) in [6, 6.07) is 22.9. The van der Waals surface area contributed by atoms with Gasteiger partial charge < -0.3 is 0 Å². The van der Waals surface area contributed by atoms with E-state index >= 15 is 0 Å². The number of nitriles is 1. The number of nitrogens with one attached hydrogen (secondary N) is 1. The Balaban J connectivity index is 1.76. The summed E-state index contributed by atoms with van der Waals surface area (Å²) in [7, 11) is 0. The Hall–Kier alpha value is -3.19. The smallest absolute Gasteiger partial charge is 0.153 e. The van der Waals surface area contributed by atoms with Gasteiger partial charge in [-0.3, -0.25) is 9.89 Å². The minimum atomic E-state index is -0.587. The van der Waals surface area contributed by atoms with Gasteiger partial charge in [0.15, 0.2) is 5.78 Å². The number of hydrogen-bond donors (Lipinski definition) is 1. The normalized spacial score (nSPS) is 28.3. The molecule has 0 aliphatic heterocycles. The summed E-state index contributed by atoms with van der Waals surface area (Å²) in [6.07, 6.45) is 2.33. The topological polar surface area (TPSA) is 69.5 Å². The zero-order chi connectivity index (χ0) is 20.0. The second-order valence-corrected chi connectivity index (χ2v) is 8.35. The lowest BCUT2D eigenvalue weighted by atomic mass is 9.51. The molecule has 29 heavy (non-hydrogen) atoms. The van der Waals surface area contributed by atoms with E-state index in [9.17, 15) is 10.1 Å². The molecule has 1 N–H and O–H groups in total. The molecule has 0 spiro atoms. The highest BCUT2D eigenvalue weighted by molar-refractivity contribution is 5.87. The number of carbonyl (C=O) groups excluding carboxylic acids is 1. The lowest BCUT2D eigenvalue weighted by Crippen LogP contribution is -2.52. The van der Waals surface area contributed by atoms with Gasteiger partial charge >= 0.3 is 0 Å². The van der Waals surface area contributed by atoms with Crippen molar-refractivity contribution in [1.29, 1.82) is 5.26 Å². The Morgan fingerprint density at radius 1 is 1.10 bits per heavy atom. The predicted molar refractivity (Wildman–Crippen MR) is 111 cm³/mol. The third-order valence-electron chi connectivity index (χ3n) is 7.07. The van der Waals surface area contributed by atoms with Gasteiger partial charge in [-0.2, -0.15) is 10.4 Å². The number of aromatic nitrogens is 2. The van der Waals surface area contributed by atoms with Crippen LogP contribution in [-0.2, 0) is 16.6 Å². The average molecular weight is 381 g/mol. The first-order chi connectivity index (χ1) is 14.2. The van der Waals surface area contributed by atoms with Crippen molar-refractivity contribution in [2.24, 2.45) is 17.8 Å². The molecule has 1 saturated carbocycles. The Bertz CT molecular complexity index is 1100. The Morgan fingerprint density at radius 3 is 2.48 bits per heavy atom. The molecular formula is C25H23N3O. The molecule has 2 aromatic carbocycles. The van der Waals surface area contributed by atoms with Gasteiger partial charge in [-0.1, -0.05) is 67.6 Å². The SMILES string of the molecule is C[C@@H]1C(=O)C(C#N)C[C@]2(c3ccccc3)c3[nH]nc(-c4ccccc4)c3CC[C@@H]12. The van der Waals surface area contributed by atoms with Crippen molar-refractivity contribution in [3.63, 3.8) is 0 Å². The molecule has 4 heteroatoms. The molecule has 3 aromatic rings. The quantitative estimate of drug-likeness (QED) is 0.701. The van der Waals surface area contributed by atoms with Gasteiger partial charge in [0.25, 0.3) is 0 Å². The highest BCUT2D eigenvalue weighted by Gasteiger charge is 2.56. The zero-order valence-electron chi connectivity index (χ0n) is 16.4. The van der Waals surface area contributed by atoms with Crippen LogP contribution in [0.2, 0.25) is 0 Å². The van der Waals surface area contributed by atoms with Gasteiger partial charge in [0.05, 0.1) is 11.8 Å². The van der Waals surface area contributed by atoms with E-state index in [0.29, 0.717) is 6.42 Å². The summed E-state index contributed by atoms with van der Waals surface area (Å²) >= 11 is 0. The fourth-order valence-electron chi connectivity index (χ4n) is 5.73. The van der Waals surface area contributed by atoms with Gasteiger partial charge in [0.2, 0.25) is 0 Å². The largest absolute Gasteiger partial charge is 0.298 e. The van der Waals surface area contributed by atoms with Crippen LogP contribution in [0.15, 0.2) is 60.7 Å². The fourth-order valence-corrected chi connectivity index (χ4v) is 5.73. The van der Waals surface area contributed by atoms with Crippen LogP contribution < -0.4 is 0 Å². The number of Topliss-reactive ketones (excluding diaryl/α,β-unsaturated/α-hetero) is 1. The van der Waals surface area contributed by atoms with E-state index in [1.807, 2.05) is 43.3 Å². The van der Waals surface area contributed by atoms with Crippen LogP contribution in [0.4, 0.5) is 0 Å². The molecule has 2 aliphatic rings. The molecular weight excluding hydrogens is 358 g/mol. The molecule has 1 heterocycles. The molecule has 1 fully saturated rings. The van der Waals surface area contributed by atoms with E-state index in [-0.39, 0.29) is 23.0 Å². The van der Waals surface area contributed by atoms with E-state index in [4.69, 9.17) is 5.10 Å². The number of carbonyl (C=O) groups is 1. The molecule has 1 aromatic heterocycles. The maximum absolute atomic E-state index is 12.9. The van der Waals surface area contributed by atoms with Crippen LogP contribution >= 0.6 is 0 Å². The number of fused-ring (bicyclic) bond motifs is 3. The van der Waals surface area contributed by atoms with Gasteiger partial charge in [0, 0.05) is 28.2 Å². The van der Waals surface area contributed by atoms with Gasteiger partial charge in [-0.15, -0.1) is 0 Å². The second kappa shape index (κ2) is 6.70. The minimum absolute atomic E-state index is 0.0929. The first-order valence-electron chi connectivity index (χ1n) is 10.3. The molecule has 5 rings (SSSR count). The second-order valence-electron chi connectivity index (χ2n) is 8.35. The molecule has 4 atom stereocenters. The zero-order valence-corrected chi connectivity index (χ0v) is 16.4. The van der Waals surface area contributed by atoms with Crippen molar-refractivity contribution in [2.45, 2.75) is 31.6 Å². The van der Waals surface area contributed by atoms with E-state index in [2.05, 4.69) is 35.4 Å². The van der Waals surface area contributed by atoms with Crippen molar-refractivity contribution in [3.05, 3.63) is 77.5 Å². The average Bonchev–Trinajstić information content (AvgIpc) is 3.22. The first-order valence-corrected chi connectivity index (χ1v) is 10.3. The Labute approximate surface area is 170 Å². The van der Waals surface area contributed by atoms with Crippen LogP contribution in [0.5, 0.6) is 0 Å². The van der Waals surface area contributed by atoms with Crippen molar-refractivity contribution < 1.29 is 4.79 Å². The lowest BCUT2D eigenvalue weighted by Gasteiger charge is -2.50. The molecule has 4 nitrogen and oxygen atoms in total. The van der Waals surface area contributed by atoms with Crippen LogP contribution in [0.25, 0.3) is 11.3 Å². The van der Waals surface area contributed by atoms with Gasteiger partial charge in [-0.05, 0) is 30.7 Å². The third-order valence-corrected chi connectivity index (χ3v) is 7.07. The first kappa shape index (κ1) is 17.9. The summed E-state index contributed by atoms with van der Waals surface area (Å²) < 4.78 is 0. The van der Waals surface area contributed by atoms with E-state index in [1.54, 1.807) is 0 Å². The van der Waals surface area contributed by atoms with Crippen molar-refractivity contribution in [2.75, 3.05) is 0 Å². The van der Waals surface area contributed by atoms with Gasteiger partial charge in [-0.25, -0.2) is 0 Å². The number of nitrogens with zero attached hydrogens (tertiary/aromatic N) is 2. The number of rotatable bonds is 2. The summed E-state index contributed by atoms with van der Waals surface area (Å²) in [5.41, 5.74) is 5.21. The van der Waals surface area contributed by atoms with E-state index in [0.717, 1.165) is 29.8 Å².